The van der Waals surface area contributed by atoms with Crippen LogP contribution in [0.1, 0.15) is 120 Å². The molecule has 0 aliphatic heterocycles. The van der Waals surface area contributed by atoms with Crippen LogP contribution in [0.4, 0.5) is 4.79 Å². The van der Waals surface area contributed by atoms with E-state index >= 15 is 0 Å². The van der Waals surface area contributed by atoms with Gasteiger partial charge in [-0.25, -0.2) is 4.79 Å². The molecule has 5 nitrogen and oxygen atoms in total. The molecule has 6 rings (SSSR count). The number of halogens is 1. The molecular weight excluding hydrogens is 494 g/mol. The Morgan fingerprint density at radius 3 is 2.50 bits per heavy atom. The number of aromatic nitrogens is 2. The first-order chi connectivity index (χ1) is 18.2. The van der Waals surface area contributed by atoms with Gasteiger partial charge in [0.05, 0.1) is 6.04 Å². The van der Waals surface area contributed by atoms with E-state index in [4.69, 9.17) is 21.4 Å². The second-order valence-corrected chi connectivity index (χ2v) is 14.0. The molecule has 4 aliphatic rings. The Balaban J connectivity index is 1.30. The minimum atomic E-state index is -0.327. The number of fused-ring (bicyclic) bond motifs is 3. The topological polar surface area (TPSA) is 56.1 Å². The van der Waals surface area contributed by atoms with Gasteiger partial charge in [0, 0.05) is 28.2 Å². The fourth-order valence-corrected chi connectivity index (χ4v) is 8.77. The lowest BCUT2D eigenvalue weighted by atomic mass is 9.68. The number of nitrogens with zero attached hydrogens (tertiary/aromatic N) is 2. The van der Waals surface area contributed by atoms with E-state index in [1.807, 2.05) is 12.1 Å². The molecule has 1 heterocycles. The van der Waals surface area contributed by atoms with Crippen LogP contribution in [-0.4, -0.2) is 21.9 Å². The normalized spacial score (nSPS) is 30.6. The van der Waals surface area contributed by atoms with Crippen molar-refractivity contribution in [1.82, 2.24) is 15.1 Å². The lowest BCUT2D eigenvalue weighted by molar-refractivity contribution is 0.103. The maximum atomic E-state index is 13.4. The summed E-state index contributed by atoms with van der Waals surface area (Å²) in [7, 11) is 0. The van der Waals surface area contributed by atoms with Gasteiger partial charge in [-0.2, -0.15) is 0 Å². The second-order valence-electron chi connectivity index (χ2n) is 13.6. The maximum absolute atomic E-state index is 13.4. The average molecular weight is 538 g/mol. The van der Waals surface area contributed by atoms with Crippen LogP contribution in [-0.2, 0) is 12.8 Å². The van der Waals surface area contributed by atoms with E-state index in [0.717, 1.165) is 43.5 Å². The van der Waals surface area contributed by atoms with Crippen LogP contribution in [0.15, 0.2) is 24.3 Å². The second kappa shape index (κ2) is 10.2. The molecular formula is C32H44ClN3O2. The summed E-state index contributed by atoms with van der Waals surface area (Å²) in [5, 5.41) is 9.20. The van der Waals surface area contributed by atoms with Crippen LogP contribution >= 0.6 is 11.6 Å². The van der Waals surface area contributed by atoms with Gasteiger partial charge >= 0.3 is 6.09 Å². The van der Waals surface area contributed by atoms with Gasteiger partial charge in [-0.1, -0.05) is 70.2 Å². The smallest absolute Gasteiger partial charge is 0.389 e. The number of carbonyl (C=O) groups excluding carboxylic acids is 1. The number of rotatable bonds is 5. The fraction of sp³-hybridized carbons (Fsp3) is 0.688. The van der Waals surface area contributed by atoms with Gasteiger partial charge in [0.25, 0.3) is 0 Å². The van der Waals surface area contributed by atoms with Gasteiger partial charge < -0.3 is 10.1 Å². The summed E-state index contributed by atoms with van der Waals surface area (Å²) in [6.07, 6.45) is 14.7. The van der Waals surface area contributed by atoms with E-state index in [9.17, 15) is 4.79 Å². The quantitative estimate of drug-likeness (QED) is 0.389. The molecule has 1 aromatic heterocycles. The van der Waals surface area contributed by atoms with Crippen molar-refractivity contribution in [3.05, 3.63) is 46.1 Å². The number of hydrogen-bond donors (Lipinski definition) is 1. The fourth-order valence-electron chi connectivity index (χ4n) is 8.64. The van der Waals surface area contributed by atoms with Crippen LogP contribution in [0.3, 0.4) is 0 Å². The Labute approximate surface area is 233 Å². The Hall–Kier alpha value is -2.01. The van der Waals surface area contributed by atoms with Crippen molar-refractivity contribution in [3.63, 3.8) is 0 Å². The molecule has 38 heavy (non-hydrogen) atoms. The third-order valence-electron chi connectivity index (χ3n) is 10.7. The van der Waals surface area contributed by atoms with Crippen molar-refractivity contribution in [2.45, 2.75) is 122 Å². The minimum Gasteiger partial charge on any atom is -0.389 e. The van der Waals surface area contributed by atoms with Crippen molar-refractivity contribution in [1.29, 1.82) is 0 Å². The van der Waals surface area contributed by atoms with E-state index in [0.29, 0.717) is 23.8 Å². The SMILES string of the molecule is CC12CCC(C1)C(C)(C)[C@H]2NC(=O)Oc1nn(C2CCCCC2)c2c1CCCCC2Cc1ccc(Cl)cc1. The molecule has 206 valence electrons. The van der Waals surface area contributed by atoms with E-state index < -0.39 is 0 Å². The first-order valence-corrected chi connectivity index (χ1v) is 15.5. The van der Waals surface area contributed by atoms with Gasteiger partial charge in [0.1, 0.15) is 0 Å². The number of amides is 1. The highest BCUT2D eigenvalue weighted by Crippen LogP contribution is 2.62. The van der Waals surface area contributed by atoms with Crippen molar-refractivity contribution < 1.29 is 9.53 Å². The van der Waals surface area contributed by atoms with E-state index in [-0.39, 0.29) is 23.0 Å². The van der Waals surface area contributed by atoms with Crippen LogP contribution in [0.25, 0.3) is 0 Å². The standard InChI is InChI=1S/C32H44ClN3O2/c1-31(2)23-17-18-32(3,20-23)29(31)34-30(37)38-28-26-12-8-7-9-22(19-21-13-15-24(33)16-14-21)27(26)36(35-28)25-10-5-4-6-11-25/h13-16,22-23,25,29H,4-12,17-20H2,1-3H3,(H,34,37)/t22?,23?,29-,32?/m1/s1. The summed E-state index contributed by atoms with van der Waals surface area (Å²) in [5.74, 6) is 1.59. The molecule has 1 amide bonds. The van der Waals surface area contributed by atoms with Crippen LogP contribution < -0.4 is 10.1 Å². The molecule has 0 saturated heterocycles. The average Bonchev–Trinajstić information content (AvgIpc) is 3.46. The molecule has 2 bridgehead atoms. The van der Waals surface area contributed by atoms with Crippen LogP contribution in [0.2, 0.25) is 5.02 Å². The predicted octanol–water partition coefficient (Wildman–Crippen LogP) is 8.40. The monoisotopic (exact) mass is 537 g/mol. The Bertz CT molecular complexity index is 1160. The molecule has 1 aromatic carbocycles. The molecule has 6 heteroatoms. The molecule has 2 aromatic rings. The molecule has 0 spiro atoms. The number of hydrogen-bond acceptors (Lipinski definition) is 3. The number of benzene rings is 1. The summed E-state index contributed by atoms with van der Waals surface area (Å²) >= 11 is 6.18. The summed E-state index contributed by atoms with van der Waals surface area (Å²) in [6, 6.07) is 8.81. The van der Waals surface area contributed by atoms with Crippen LogP contribution in [0.5, 0.6) is 5.88 Å². The Kier molecular flexibility index (Phi) is 7.03. The summed E-state index contributed by atoms with van der Waals surface area (Å²) < 4.78 is 8.46. The predicted molar refractivity (Wildman–Crippen MR) is 152 cm³/mol. The number of carbonyl (C=O) groups is 1. The van der Waals surface area contributed by atoms with Crippen molar-refractivity contribution in [2.75, 3.05) is 0 Å². The summed E-state index contributed by atoms with van der Waals surface area (Å²) in [6.45, 7) is 6.98. The highest BCUT2D eigenvalue weighted by molar-refractivity contribution is 6.30. The zero-order valence-corrected chi connectivity index (χ0v) is 24.2. The Morgan fingerprint density at radius 1 is 1.05 bits per heavy atom. The zero-order chi connectivity index (χ0) is 26.5. The molecule has 1 N–H and O–H groups in total. The molecule has 3 saturated carbocycles. The van der Waals surface area contributed by atoms with Crippen LogP contribution in [0, 0.1) is 16.7 Å². The Morgan fingerprint density at radius 2 is 1.79 bits per heavy atom. The van der Waals surface area contributed by atoms with Crippen molar-refractivity contribution in [3.8, 4) is 5.88 Å². The lowest BCUT2D eigenvalue weighted by Crippen LogP contribution is -2.53. The van der Waals surface area contributed by atoms with Gasteiger partial charge in [0.2, 0.25) is 5.88 Å². The van der Waals surface area contributed by atoms with E-state index in [2.05, 4.69) is 42.9 Å². The van der Waals surface area contributed by atoms with Crippen molar-refractivity contribution in [2.24, 2.45) is 16.7 Å². The summed E-state index contributed by atoms with van der Waals surface area (Å²) in [5.41, 5.74) is 4.04. The van der Waals surface area contributed by atoms with Gasteiger partial charge in [0.15, 0.2) is 0 Å². The van der Waals surface area contributed by atoms with Crippen molar-refractivity contribution >= 4 is 17.7 Å². The van der Waals surface area contributed by atoms with Gasteiger partial charge in [-0.3, -0.25) is 4.68 Å². The third-order valence-corrected chi connectivity index (χ3v) is 10.9. The number of nitrogens with one attached hydrogen (secondary N) is 1. The van der Waals surface area contributed by atoms with E-state index in [1.54, 1.807) is 0 Å². The van der Waals surface area contributed by atoms with Gasteiger partial charge in [-0.15, -0.1) is 5.10 Å². The molecule has 3 unspecified atom stereocenters. The lowest BCUT2D eigenvalue weighted by Gasteiger charge is -2.42. The molecule has 3 fully saturated rings. The summed E-state index contributed by atoms with van der Waals surface area (Å²) in [4.78, 5) is 13.4. The zero-order valence-electron chi connectivity index (χ0n) is 23.4. The molecule has 4 atom stereocenters. The van der Waals surface area contributed by atoms with E-state index in [1.165, 1.54) is 61.8 Å². The molecule has 0 radical (unpaired) electrons. The number of ether oxygens (including phenoxy) is 1. The highest BCUT2D eigenvalue weighted by Gasteiger charge is 2.60. The largest absolute Gasteiger partial charge is 0.414 e. The highest BCUT2D eigenvalue weighted by atomic mass is 35.5. The first-order valence-electron chi connectivity index (χ1n) is 15.1. The van der Waals surface area contributed by atoms with Gasteiger partial charge in [-0.05, 0) is 92.2 Å². The first kappa shape index (κ1) is 26.2. The minimum absolute atomic E-state index is 0.0913. The third kappa shape index (κ3) is 4.78. The maximum Gasteiger partial charge on any atom is 0.414 e. The molecule has 4 aliphatic carbocycles.